The third-order valence-corrected chi connectivity index (χ3v) is 6.11. The fourth-order valence-electron chi connectivity index (χ4n) is 3.44. The average molecular weight is 472 g/mol. The van der Waals surface area contributed by atoms with Crippen LogP contribution in [-0.4, -0.2) is 50.7 Å². The van der Waals surface area contributed by atoms with E-state index in [2.05, 4.69) is 25.8 Å². The summed E-state index contributed by atoms with van der Waals surface area (Å²) < 4.78 is 65.7. The number of alkyl halides is 3. The predicted molar refractivity (Wildman–Crippen MR) is 117 cm³/mol. The van der Waals surface area contributed by atoms with Gasteiger partial charge in [-0.25, -0.2) is 0 Å². The van der Waals surface area contributed by atoms with Gasteiger partial charge in [-0.15, -0.1) is 5.11 Å². The lowest BCUT2D eigenvalue weighted by atomic mass is 10.1. The molecule has 0 unspecified atom stereocenters. The van der Waals surface area contributed by atoms with Gasteiger partial charge in [-0.1, -0.05) is 32.7 Å². The van der Waals surface area contributed by atoms with Gasteiger partial charge in [-0.3, -0.25) is 4.72 Å². The van der Waals surface area contributed by atoms with Crippen LogP contribution in [0.25, 0.3) is 10.6 Å². The van der Waals surface area contributed by atoms with Crippen molar-refractivity contribution >= 4 is 44.7 Å². The zero-order valence-electron chi connectivity index (χ0n) is 18.0. The van der Waals surface area contributed by atoms with E-state index in [4.69, 9.17) is 0 Å². The molecule has 0 saturated heterocycles. The van der Waals surface area contributed by atoms with E-state index in [9.17, 15) is 21.6 Å². The van der Waals surface area contributed by atoms with Crippen LogP contribution >= 0.6 is 0 Å². The Morgan fingerprint density at radius 3 is 2.44 bits per heavy atom. The van der Waals surface area contributed by atoms with Gasteiger partial charge in [0.2, 0.25) is 0 Å². The highest BCUT2D eigenvalue weighted by atomic mass is 32.2. The topological polar surface area (TPSA) is 120 Å². The molecule has 14 heteroatoms. The van der Waals surface area contributed by atoms with Gasteiger partial charge in [0.25, 0.3) is 0 Å². The lowest BCUT2D eigenvalue weighted by molar-refractivity contribution is -0.0429. The molecule has 0 bridgehead atoms. The minimum Gasteiger partial charge on any atom is -0.469 e. The van der Waals surface area contributed by atoms with Crippen molar-refractivity contribution in [1.82, 2.24) is 9.55 Å². The number of nitrogens with zero attached hydrogens (tertiary/aromatic N) is 7. The third-order valence-electron chi connectivity index (χ3n) is 5.01. The number of anilines is 2. The molecule has 0 amide bonds. The number of fused-ring (bicyclic) bond motifs is 1. The van der Waals surface area contributed by atoms with Gasteiger partial charge < -0.3 is 25.1 Å². The summed E-state index contributed by atoms with van der Waals surface area (Å²) in [5.74, 6) is 0.970. The largest absolute Gasteiger partial charge is 0.516 e. The fraction of sp³-hybridized carbons (Fsp3) is 0.500. The molecule has 0 atom stereocenters. The van der Waals surface area contributed by atoms with E-state index in [-0.39, 0.29) is 17.3 Å². The third kappa shape index (κ3) is 4.31. The van der Waals surface area contributed by atoms with Crippen LogP contribution in [0.15, 0.2) is 22.4 Å². The van der Waals surface area contributed by atoms with Gasteiger partial charge in [0.1, 0.15) is 5.69 Å². The van der Waals surface area contributed by atoms with Crippen molar-refractivity contribution in [1.29, 1.82) is 0 Å². The molecular formula is C18H23F3N8O2S-2. The summed E-state index contributed by atoms with van der Waals surface area (Å²) in [5.41, 5.74) is -4.35. The number of hydrogen-bond acceptors (Lipinski definition) is 6. The van der Waals surface area contributed by atoms with E-state index >= 15 is 0 Å². The smallest absolute Gasteiger partial charge is 0.469 e. The minimum atomic E-state index is -5.64. The zero-order chi connectivity index (χ0) is 23.7. The Balaban J connectivity index is 2.09. The summed E-state index contributed by atoms with van der Waals surface area (Å²) in [6.45, 7) is 5.49. The Hall–Kier alpha value is -3.03. The van der Waals surface area contributed by atoms with Crippen molar-refractivity contribution in [2.45, 2.75) is 32.3 Å². The van der Waals surface area contributed by atoms with Crippen molar-refractivity contribution in [2.24, 2.45) is 10.2 Å². The molecule has 1 aromatic heterocycles. The van der Waals surface area contributed by atoms with Crippen LogP contribution in [0.5, 0.6) is 0 Å². The molecule has 1 N–H and O–H groups in total. The first-order valence-electron chi connectivity index (χ1n) is 9.79. The minimum absolute atomic E-state index is 0.0508. The van der Waals surface area contributed by atoms with Crippen LogP contribution in [0, 0.1) is 0 Å². The van der Waals surface area contributed by atoms with Crippen LogP contribution < -0.4 is 9.62 Å². The molecule has 1 aliphatic heterocycles. The first-order chi connectivity index (χ1) is 15.1. The molecule has 176 valence electrons. The maximum Gasteiger partial charge on any atom is 0.516 e. The highest BCUT2D eigenvalue weighted by molar-refractivity contribution is 7.93. The highest BCUT2D eigenvalue weighted by Gasteiger charge is 2.46. The summed E-state index contributed by atoms with van der Waals surface area (Å²) in [6, 6.07) is 2.90. The van der Waals surface area contributed by atoms with Crippen molar-refractivity contribution in [3.05, 3.63) is 28.3 Å². The first kappa shape index (κ1) is 23.6. The number of nitrogens with one attached hydrogen (secondary N) is 1. The number of benzene rings is 1. The number of aromatic nitrogens is 2. The molecular weight excluding hydrogens is 449 g/mol. The second-order valence-corrected chi connectivity index (χ2v) is 8.50. The molecule has 2 aromatic rings. The molecule has 0 radical (unpaired) electrons. The summed E-state index contributed by atoms with van der Waals surface area (Å²) in [4.78, 5) is 6.18. The average Bonchev–Trinajstić information content (AvgIpc) is 3.30. The molecule has 0 aliphatic carbocycles. The number of azo groups is 1. The number of likely N-dealkylation sites (N-methyl/N-ethyl adjacent to an activating group) is 1. The second kappa shape index (κ2) is 8.84. The molecule has 10 nitrogen and oxygen atoms in total. The normalized spacial score (nSPS) is 14.2. The van der Waals surface area contributed by atoms with E-state index in [0.29, 0.717) is 43.4 Å². The monoisotopic (exact) mass is 472 g/mol. The summed E-state index contributed by atoms with van der Waals surface area (Å²) in [5, 5.41) is 16.3. The first-order valence-corrected chi connectivity index (χ1v) is 11.3. The summed E-state index contributed by atoms with van der Waals surface area (Å²) >= 11 is 0. The van der Waals surface area contributed by atoms with E-state index in [1.165, 1.54) is 12.1 Å². The maximum absolute atomic E-state index is 13.0. The molecule has 3 rings (SSSR count). The van der Waals surface area contributed by atoms with Crippen LogP contribution in [-0.2, 0) is 23.0 Å². The summed E-state index contributed by atoms with van der Waals surface area (Å²) in [7, 11) is -2.53. The number of hydrogen-bond donors (Lipinski definition) is 1. The Bertz CT molecular complexity index is 1130. The van der Waals surface area contributed by atoms with Gasteiger partial charge in [0, 0.05) is 18.8 Å². The maximum atomic E-state index is 13.0. The molecule has 32 heavy (non-hydrogen) atoms. The number of sulfonamides is 1. The lowest BCUT2D eigenvalue weighted by Gasteiger charge is -2.21. The number of rotatable bonds is 8. The van der Waals surface area contributed by atoms with Gasteiger partial charge in [0.05, 0.1) is 11.6 Å². The van der Waals surface area contributed by atoms with Crippen LogP contribution in [0.3, 0.4) is 0 Å². The zero-order valence-corrected chi connectivity index (χ0v) is 18.8. The predicted octanol–water partition coefficient (Wildman–Crippen LogP) is 5.23. The Morgan fingerprint density at radius 1 is 1.16 bits per heavy atom. The Morgan fingerprint density at radius 2 is 1.88 bits per heavy atom. The fourth-order valence-corrected chi connectivity index (χ4v) is 4.01. The van der Waals surface area contributed by atoms with Gasteiger partial charge >= 0.3 is 15.5 Å². The quantitative estimate of drug-likeness (QED) is 0.529. The van der Waals surface area contributed by atoms with Crippen molar-refractivity contribution in [3.8, 4) is 0 Å². The van der Waals surface area contributed by atoms with E-state index in [1.807, 2.05) is 18.7 Å². The molecule has 2 heterocycles. The molecule has 0 spiro atoms. The van der Waals surface area contributed by atoms with Gasteiger partial charge in [-0.2, -0.15) is 26.7 Å². The second-order valence-electron chi connectivity index (χ2n) is 6.83. The number of imidazole rings is 1. The Kier molecular flexibility index (Phi) is 6.53. The highest BCUT2D eigenvalue weighted by Crippen LogP contribution is 2.41. The van der Waals surface area contributed by atoms with Gasteiger partial charge in [0.15, 0.2) is 0 Å². The van der Waals surface area contributed by atoms with Crippen LogP contribution in [0.1, 0.15) is 19.4 Å². The van der Waals surface area contributed by atoms with E-state index < -0.39 is 15.5 Å². The number of halogens is 3. The Labute approximate surface area is 184 Å². The van der Waals surface area contributed by atoms with Crippen LogP contribution in [0.4, 0.5) is 47.8 Å². The van der Waals surface area contributed by atoms with Crippen molar-refractivity contribution in [3.63, 3.8) is 0 Å². The summed E-state index contributed by atoms with van der Waals surface area (Å²) in [6.07, 6.45) is 0.652. The molecule has 1 aliphatic rings. The standard InChI is InChI=1S/C18H23F3N8O2S/c1-5-28-8-7-11-9-12(13(10-14(11)28)27-32(30,31)18(19,20)21)25-26-17-24-15(22-3)16(23-4)29(17)6-2/h9-10,27H,5-8H2,1-4H3/q-2. The molecule has 1 aromatic carbocycles. The van der Waals surface area contributed by atoms with E-state index in [0.717, 1.165) is 5.56 Å². The SMILES string of the molecule is CCN1CCc2cc(N=Nc3nc([N-]C)c([N-]C)n3CC)c(NS(=O)(=O)C(F)(F)F)cc21. The van der Waals surface area contributed by atoms with Crippen molar-refractivity contribution < 1.29 is 21.6 Å². The van der Waals surface area contributed by atoms with E-state index in [1.54, 1.807) is 23.4 Å². The molecule has 0 fully saturated rings. The van der Waals surface area contributed by atoms with Crippen LogP contribution in [0.2, 0.25) is 0 Å². The van der Waals surface area contributed by atoms with Crippen molar-refractivity contribution in [2.75, 3.05) is 36.8 Å². The molecule has 0 saturated carbocycles. The van der Waals surface area contributed by atoms with Gasteiger partial charge in [-0.05, 0) is 37.6 Å². The lowest BCUT2D eigenvalue weighted by Crippen LogP contribution is -2.30.